The zero-order valence-corrected chi connectivity index (χ0v) is 15.9. The maximum absolute atomic E-state index is 13.3. The van der Waals surface area contributed by atoms with Gasteiger partial charge in [0.25, 0.3) is 0 Å². The molecule has 4 rings (SSSR count). The number of ketones is 1. The van der Waals surface area contributed by atoms with Crippen molar-refractivity contribution >= 4 is 17.2 Å². The van der Waals surface area contributed by atoms with E-state index in [2.05, 4.69) is 21.8 Å². The Bertz CT molecular complexity index is 1070. The molecule has 0 aromatic carbocycles. The Morgan fingerprint density at radius 1 is 1.29 bits per heavy atom. The number of Topliss-reactive ketones (excluding diaryl/α,β-unsaturated/α-hetero) is 1. The van der Waals surface area contributed by atoms with E-state index in [1.807, 2.05) is 13.2 Å². The fraction of sp³-hybridized carbons (Fsp3) is 0.350. The maximum atomic E-state index is 13.3. The zero-order valence-electron chi connectivity index (χ0n) is 15.9. The number of carbonyl (C=O) groups excluding carboxylic acids is 2. The topological polar surface area (TPSA) is 85.4 Å². The number of nitrogens with zero attached hydrogens (tertiary/aromatic N) is 6. The lowest BCUT2D eigenvalue weighted by atomic mass is 9.98. The van der Waals surface area contributed by atoms with Gasteiger partial charge in [-0.05, 0) is 31.4 Å². The highest BCUT2D eigenvalue weighted by Crippen LogP contribution is 2.32. The summed E-state index contributed by atoms with van der Waals surface area (Å²) in [6.45, 7) is 3.54. The normalized spacial score (nSPS) is 19.1. The molecular formula is C20H22N6O2. The van der Waals surface area contributed by atoms with Crippen LogP contribution in [0.4, 0.5) is 0 Å². The van der Waals surface area contributed by atoms with Gasteiger partial charge in [0.1, 0.15) is 5.69 Å². The molecule has 2 unspecified atom stereocenters. The highest BCUT2D eigenvalue weighted by molar-refractivity contribution is 6.02. The zero-order chi connectivity index (χ0) is 19.8. The van der Waals surface area contributed by atoms with Gasteiger partial charge in [0.15, 0.2) is 5.78 Å². The lowest BCUT2D eigenvalue weighted by Crippen LogP contribution is -2.34. The molecule has 1 saturated carbocycles. The van der Waals surface area contributed by atoms with Crippen LogP contribution in [0.15, 0.2) is 43.5 Å². The lowest BCUT2D eigenvalue weighted by molar-refractivity contribution is -0.126. The minimum Gasteiger partial charge on any atom is -0.339 e. The molecule has 3 aromatic rings. The van der Waals surface area contributed by atoms with Gasteiger partial charge < -0.3 is 4.90 Å². The molecule has 1 fully saturated rings. The first-order valence-corrected chi connectivity index (χ1v) is 9.24. The van der Waals surface area contributed by atoms with Gasteiger partial charge in [0, 0.05) is 37.8 Å². The van der Waals surface area contributed by atoms with Crippen molar-refractivity contribution in [3.8, 4) is 11.3 Å². The Labute approximate surface area is 162 Å². The monoisotopic (exact) mass is 378 g/mol. The van der Waals surface area contributed by atoms with Gasteiger partial charge in [0.05, 0.1) is 29.8 Å². The molecule has 2 atom stereocenters. The Morgan fingerprint density at radius 3 is 2.82 bits per heavy atom. The SMILES string of the molecule is C=CC(=O)N(C)C1CCC(C(=O)c2nc(-c3cnn(C)c3)cn3nccc23)C1. The molecule has 0 N–H and O–H groups in total. The first-order chi connectivity index (χ1) is 13.5. The summed E-state index contributed by atoms with van der Waals surface area (Å²) in [7, 11) is 3.60. The minimum absolute atomic E-state index is 0.00167. The number of likely N-dealkylation sites (N-methyl/N-ethyl adjacent to an activating group) is 1. The van der Waals surface area contributed by atoms with E-state index in [-0.39, 0.29) is 23.7 Å². The molecule has 0 bridgehead atoms. The first kappa shape index (κ1) is 18.1. The van der Waals surface area contributed by atoms with Crippen LogP contribution in [0.25, 0.3) is 16.8 Å². The number of fused-ring (bicyclic) bond motifs is 1. The summed E-state index contributed by atoms with van der Waals surface area (Å²) in [5, 5.41) is 8.48. The van der Waals surface area contributed by atoms with Gasteiger partial charge >= 0.3 is 0 Å². The summed E-state index contributed by atoms with van der Waals surface area (Å²) in [6.07, 6.45) is 10.5. The maximum Gasteiger partial charge on any atom is 0.245 e. The van der Waals surface area contributed by atoms with Crippen LogP contribution in [-0.2, 0) is 11.8 Å². The summed E-state index contributed by atoms with van der Waals surface area (Å²) in [6, 6.07) is 1.84. The molecule has 3 heterocycles. The molecule has 0 radical (unpaired) electrons. The number of carbonyl (C=O) groups is 2. The number of hydrogen-bond donors (Lipinski definition) is 0. The molecule has 28 heavy (non-hydrogen) atoms. The van der Waals surface area contributed by atoms with Gasteiger partial charge in [0.2, 0.25) is 5.91 Å². The van der Waals surface area contributed by atoms with Gasteiger partial charge in [-0.1, -0.05) is 6.58 Å². The fourth-order valence-electron chi connectivity index (χ4n) is 3.87. The van der Waals surface area contributed by atoms with Crippen LogP contribution in [0.1, 0.15) is 29.8 Å². The van der Waals surface area contributed by atoms with Crippen molar-refractivity contribution in [2.75, 3.05) is 7.05 Å². The molecule has 1 amide bonds. The largest absolute Gasteiger partial charge is 0.339 e. The van der Waals surface area contributed by atoms with Crippen LogP contribution < -0.4 is 0 Å². The smallest absolute Gasteiger partial charge is 0.245 e. The highest BCUT2D eigenvalue weighted by Gasteiger charge is 2.35. The standard InChI is InChI=1S/C20H22N6O2/c1-4-18(27)25(3)15-6-5-13(9-15)20(28)19-17-7-8-21-26(17)12-16(23-19)14-10-22-24(2)11-14/h4,7-8,10-13,15H,1,5-6,9H2,2-3H3. The molecule has 0 saturated heterocycles. The molecule has 1 aliphatic rings. The van der Waals surface area contributed by atoms with Crippen molar-refractivity contribution in [3.63, 3.8) is 0 Å². The molecule has 144 valence electrons. The third-order valence-electron chi connectivity index (χ3n) is 5.47. The first-order valence-electron chi connectivity index (χ1n) is 9.24. The van der Waals surface area contributed by atoms with Crippen molar-refractivity contribution < 1.29 is 9.59 Å². The van der Waals surface area contributed by atoms with Crippen molar-refractivity contribution in [2.24, 2.45) is 13.0 Å². The van der Waals surface area contributed by atoms with Crippen LogP contribution in [-0.4, -0.2) is 54.1 Å². The molecule has 0 spiro atoms. The molecule has 8 nitrogen and oxygen atoms in total. The Balaban J connectivity index is 1.65. The number of hydrogen-bond acceptors (Lipinski definition) is 5. The van der Waals surface area contributed by atoms with E-state index >= 15 is 0 Å². The number of aryl methyl sites for hydroxylation is 1. The van der Waals surface area contributed by atoms with E-state index in [9.17, 15) is 9.59 Å². The van der Waals surface area contributed by atoms with Crippen molar-refractivity contribution in [2.45, 2.75) is 25.3 Å². The molecule has 8 heteroatoms. The Hall–Kier alpha value is -3.29. The van der Waals surface area contributed by atoms with Gasteiger partial charge in [-0.25, -0.2) is 9.50 Å². The van der Waals surface area contributed by atoms with Crippen LogP contribution in [0.2, 0.25) is 0 Å². The van der Waals surface area contributed by atoms with E-state index in [1.165, 1.54) is 6.08 Å². The van der Waals surface area contributed by atoms with E-state index in [0.717, 1.165) is 18.4 Å². The lowest BCUT2D eigenvalue weighted by Gasteiger charge is -2.23. The Morgan fingerprint density at radius 2 is 2.11 bits per heavy atom. The van der Waals surface area contributed by atoms with Crippen LogP contribution in [0.5, 0.6) is 0 Å². The third-order valence-corrected chi connectivity index (χ3v) is 5.47. The average molecular weight is 378 g/mol. The summed E-state index contributed by atoms with van der Waals surface area (Å²) in [5.74, 6) is -0.286. The van der Waals surface area contributed by atoms with E-state index < -0.39 is 0 Å². The second kappa shape index (κ2) is 7.03. The van der Waals surface area contributed by atoms with E-state index in [1.54, 1.807) is 45.8 Å². The average Bonchev–Trinajstić information content (AvgIpc) is 3.45. The molecule has 0 aliphatic heterocycles. The van der Waals surface area contributed by atoms with Crippen LogP contribution >= 0.6 is 0 Å². The van der Waals surface area contributed by atoms with Gasteiger partial charge in [-0.2, -0.15) is 10.2 Å². The summed E-state index contributed by atoms with van der Waals surface area (Å²) in [4.78, 5) is 31.5. The minimum atomic E-state index is -0.166. The summed E-state index contributed by atoms with van der Waals surface area (Å²) >= 11 is 0. The highest BCUT2D eigenvalue weighted by atomic mass is 16.2. The van der Waals surface area contributed by atoms with Crippen LogP contribution in [0.3, 0.4) is 0 Å². The van der Waals surface area contributed by atoms with Crippen molar-refractivity contribution in [1.82, 2.24) is 29.3 Å². The molecule has 1 aliphatic carbocycles. The summed E-state index contributed by atoms with van der Waals surface area (Å²) in [5.41, 5.74) is 2.59. The predicted molar refractivity (Wildman–Crippen MR) is 104 cm³/mol. The Kier molecular flexibility index (Phi) is 4.54. The second-order valence-electron chi connectivity index (χ2n) is 7.22. The van der Waals surface area contributed by atoms with Crippen molar-refractivity contribution in [3.05, 3.63) is 49.2 Å². The quantitative estimate of drug-likeness (QED) is 0.501. The number of aromatic nitrogens is 5. The number of rotatable bonds is 5. The fourth-order valence-corrected chi connectivity index (χ4v) is 3.87. The predicted octanol–water partition coefficient (Wildman–Crippen LogP) is 2.13. The van der Waals surface area contributed by atoms with E-state index in [0.29, 0.717) is 23.3 Å². The van der Waals surface area contributed by atoms with E-state index in [4.69, 9.17) is 0 Å². The second-order valence-corrected chi connectivity index (χ2v) is 7.22. The van der Waals surface area contributed by atoms with Crippen molar-refractivity contribution in [1.29, 1.82) is 0 Å². The number of amides is 1. The van der Waals surface area contributed by atoms with Gasteiger partial charge in [-0.3, -0.25) is 14.3 Å². The van der Waals surface area contributed by atoms with Gasteiger partial charge in [-0.15, -0.1) is 0 Å². The summed E-state index contributed by atoms with van der Waals surface area (Å²) < 4.78 is 3.38. The molecular weight excluding hydrogens is 356 g/mol. The van der Waals surface area contributed by atoms with Crippen LogP contribution in [0, 0.1) is 5.92 Å². The third kappa shape index (κ3) is 3.11. The molecule has 3 aromatic heterocycles.